The van der Waals surface area contributed by atoms with E-state index in [1.165, 1.54) is 18.5 Å². The van der Waals surface area contributed by atoms with Gasteiger partial charge in [-0.2, -0.15) is 13.8 Å². The van der Waals surface area contributed by atoms with Gasteiger partial charge in [0.2, 0.25) is 11.8 Å². The Hall–Kier alpha value is -2.49. The molecular formula is C14H18F2N6O2. The average molecular weight is 340 g/mol. The van der Waals surface area contributed by atoms with Gasteiger partial charge in [0.05, 0.1) is 12.4 Å². The molecule has 130 valence electrons. The predicted molar refractivity (Wildman–Crippen MR) is 81.6 cm³/mol. The maximum Gasteiger partial charge on any atom is 0.388 e. The average Bonchev–Trinajstić information content (AvgIpc) is 2.94. The van der Waals surface area contributed by atoms with Crippen LogP contribution in [0.4, 0.5) is 20.4 Å². The third-order valence-electron chi connectivity index (χ3n) is 3.50. The van der Waals surface area contributed by atoms with Crippen LogP contribution in [-0.4, -0.2) is 45.5 Å². The van der Waals surface area contributed by atoms with E-state index in [0.717, 1.165) is 19.4 Å². The molecule has 24 heavy (non-hydrogen) atoms. The fourth-order valence-corrected chi connectivity index (χ4v) is 2.49. The zero-order chi connectivity index (χ0) is 16.9. The van der Waals surface area contributed by atoms with Crippen molar-refractivity contribution in [3.05, 3.63) is 18.5 Å². The highest BCUT2D eigenvalue weighted by atomic mass is 19.3. The summed E-state index contributed by atoms with van der Waals surface area (Å²) in [6.07, 6.45) is 4.92. The van der Waals surface area contributed by atoms with E-state index in [-0.39, 0.29) is 12.0 Å². The zero-order valence-electron chi connectivity index (χ0n) is 13.0. The first-order valence-corrected chi connectivity index (χ1v) is 7.58. The third kappa shape index (κ3) is 4.51. The van der Waals surface area contributed by atoms with E-state index >= 15 is 0 Å². The Labute approximate surface area is 137 Å². The number of hydrogen-bond donors (Lipinski definition) is 3. The standard InChI is InChI=1S/C14H18F2N6O2/c1-8-4-9(2-3-18-8)23-13-7-17-6-11(20-13)19-10-5-12(22-21-10)24-14(15)16/h5-9,14,18H,2-4H2,1H3,(H2,19,20,21,22)/t8-,9-/m1/s1. The lowest BCUT2D eigenvalue weighted by atomic mass is 10.0. The van der Waals surface area contributed by atoms with Gasteiger partial charge >= 0.3 is 6.61 Å². The van der Waals surface area contributed by atoms with Crippen LogP contribution < -0.4 is 20.1 Å². The number of alkyl halides is 2. The molecule has 10 heteroatoms. The second kappa shape index (κ2) is 7.39. The number of aromatic nitrogens is 4. The van der Waals surface area contributed by atoms with Gasteiger partial charge in [0.1, 0.15) is 11.9 Å². The number of nitrogens with zero attached hydrogens (tertiary/aromatic N) is 3. The molecule has 2 atom stereocenters. The van der Waals surface area contributed by atoms with Crippen molar-refractivity contribution in [2.75, 3.05) is 11.9 Å². The summed E-state index contributed by atoms with van der Waals surface area (Å²) in [5.74, 6) is 0.952. The van der Waals surface area contributed by atoms with Gasteiger partial charge in [-0.25, -0.2) is 0 Å². The topological polar surface area (TPSA) is 97.0 Å². The maximum atomic E-state index is 12.1. The summed E-state index contributed by atoms with van der Waals surface area (Å²) >= 11 is 0. The van der Waals surface area contributed by atoms with Gasteiger partial charge in [0.15, 0.2) is 5.82 Å². The van der Waals surface area contributed by atoms with Gasteiger partial charge in [-0.05, 0) is 26.3 Å². The van der Waals surface area contributed by atoms with E-state index in [2.05, 4.69) is 42.5 Å². The fourth-order valence-electron chi connectivity index (χ4n) is 2.49. The number of H-pyrrole nitrogens is 1. The number of nitrogens with one attached hydrogen (secondary N) is 3. The SMILES string of the molecule is C[C@@H]1C[C@H](Oc2cncc(Nc3cc(OC(F)F)n[nH]3)n2)CCN1. The van der Waals surface area contributed by atoms with Gasteiger partial charge in [-0.3, -0.25) is 10.1 Å². The molecule has 3 heterocycles. The highest BCUT2D eigenvalue weighted by molar-refractivity contribution is 5.51. The van der Waals surface area contributed by atoms with Crippen molar-refractivity contribution in [2.45, 2.75) is 38.5 Å². The number of anilines is 2. The van der Waals surface area contributed by atoms with Gasteiger partial charge in [-0.15, -0.1) is 5.10 Å². The van der Waals surface area contributed by atoms with Crippen molar-refractivity contribution < 1.29 is 18.3 Å². The summed E-state index contributed by atoms with van der Waals surface area (Å²) in [6.45, 7) is 0.0828. The van der Waals surface area contributed by atoms with Crippen LogP contribution in [-0.2, 0) is 0 Å². The van der Waals surface area contributed by atoms with Gasteiger partial charge in [-0.1, -0.05) is 0 Å². The van der Waals surface area contributed by atoms with E-state index < -0.39 is 6.61 Å². The van der Waals surface area contributed by atoms with E-state index in [0.29, 0.717) is 23.6 Å². The van der Waals surface area contributed by atoms with E-state index in [4.69, 9.17) is 4.74 Å². The molecule has 3 N–H and O–H groups in total. The molecule has 0 amide bonds. The van der Waals surface area contributed by atoms with Gasteiger partial charge < -0.3 is 20.1 Å². The highest BCUT2D eigenvalue weighted by Gasteiger charge is 2.20. The molecule has 1 saturated heterocycles. The first kappa shape index (κ1) is 16.4. The predicted octanol–water partition coefficient (Wildman–Crippen LogP) is 2.06. The Kier molecular flexibility index (Phi) is 5.04. The van der Waals surface area contributed by atoms with Crippen LogP contribution in [0.3, 0.4) is 0 Å². The number of rotatable bonds is 6. The lowest BCUT2D eigenvalue weighted by molar-refractivity contribution is -0.0528. The smallest absolute Gasteiger partial charge is 0.388 e. The third-order valence-corrected chi connectivity index (χ3v) is 3.50. The molecule has 2 aromatic heterocycles. The lowest BCUT2D eigenvalue weighted by Crippen LogP contribution is -2.40. The summed E-state index contributed by atoms with van der Waals surface area (Å²) in [6, 6.07) is 1.70. The monoisotopic (exact) mass is 340 g/mol. The van der Waals surface area contributed by atoms with Gasteiger partial charge in [0.25, 0.3) is 0 Å². The highest BCUT2D eigenvalue weighted by Crippen LogP contribution is 2.21. The summed E-state index contributed by atoms with van der Waals surface area (Å²) in [5.41, 5.74) is 0. The van der Waals surface area contributed by atoms with Crippen LogP contribution >= 0.6 is 0 Å². The molecule has 1 aliphatic rings. The minimum Gasteiger partial charge on any atom is -0.473 e. The molecule has 3 rings (SSSR count). The molecule has 1 fully saturated rings. The van der Waals surface area contributed by atoms with Crippen molar-refractivity contribution in [2.24, 2.45) is 0 Å². The van der Waals surface area contributed by atoms with E-state index in [9.17, 15) is 8.78 Å². The summed E-state index contributed by atoms with van der Waals surface area (Å²) in [4.78, 5) is 8.37. The van der Waals surface area contributed by atoms with Crippen molar-refractivity contribution in [1.29, 1.82) is 0 Å². The molecule has 1 aliphatic heterocycles. The molecule has 8 nitrogen and oxygen atoms in total. The van der Waals surface area contributed by atoms with Crippen LogP contribution in [0, 0.1) is 0 Å². The molecule has 0 bridgehead atoms. The second-order valence-corrected chi connectivity index (χ2v) is 5.49. The van der Waals surface area contributed by atoms with Gasteiger partial charge in [0, 0.05) is 12.1 Å². The van der Waals surface area contributed by atoms with E-state index in [1.807, 2.05) is 0 Å². The number of aromatic amines is 1. The maximum absolute atomic E-state index is 12.1. The number of halogens is 2. The zero-order valence-corrected chi connectivity index (χ0v) is 13.0. The molecule has 0 saturated carbocycles. The number of piperidine rings is 1. The van der Waals surface area contributed by atoms with Crippen molar-refractivity contribution in [3.63, 3.8) is 0 Å². The molecule has 0 unspecified atom stereocenters. The number of hydrogen-bond acceptors (Lipinski definition) is 7. The second-order valence-electron chi connectivity index (χ2n) is 5.49. The van der Waals surface area contributed by atoms with E-state index in [1.54, 1.807) is 0 Å². The van der Waals surface area contributed by atoms with Crippen LogP contribution in [0.15, 0.2) is 18.5 Å². The fraction of sp³-hybridized carbons (Fsp3) is 0.500. The van der Waals surface area contributed by atoms with Crippen LogP contribution in [0.5, 0.6) is 11.8 Å². The minimum atomic E-state index is -2.93. The van der Waals surface area contributed by atoms with Crippen LogP contribution in [0.2, 0.25) is 0 Å². The Bertz CT molecular complexity index is 668. The largest absolute Gasteiger partial charge is 0.473 e. The minimum absolute atomic E-state index is 0.0870. The quantitative estimate of drug-likeness (QED) is 0.740. The van der Waals surface area contributed by atoms with Crippen molar-refractivity contribution in [1.82, 2.24) is 25.5 Å². The molecule has 0 radical (unpaired) electrons. The van der Waals surface area contributed by atoms with Crippen molar-refractivity contribution >= 4 is 11.6 Å². The van der Waals surface area contributed by atoms with Crippen LogP contribution in [0.1, 0.15) is 19.8 Å². The number of ether oxygens (including phenoxy) is 2. The first-order valence-electron chi connectivity index (χ1n) is 7.58. The Morgan fingerprint density at radius 1 is 1.33 bits per heavy atom. The lowest BCUT2D eigenvalue weighted by Gasteiger charge is -2.28. The summed E-state index contributed by atoms with van der Waals surface area (Å²) in [5, 5.41) is 12.4. The molecule has 0 aliphatic carbocycles. The molecule has 2 aromatic rings. The first-order chi connectivity index (χ1) is 11.6. The Morgan fingerprint density at radius 2 is 2.21 bits per heavy atom. The normalized spacial score (nSPS) is 20.8. The molecular weight excluding hydrogens is 322 g/mol. The Balaban J connectivity index is 1.61. The summed E-state index contributed by atoms with van der Waals surface area (Å²) in [7, 11) is 0. The van der Waals surface area contributed by atoms with Crippen LogP contribution in [0.25, 0.3) is 0 Å². The molecule has 0 aromatic carbocycles. The Morgan fingerprint density at radius 3 is 3.00 bits per heavy atom. The van der Waals surface area contributed by atoms with Crippen molar-refractivity contribution in [3.8, 4) is 11.8 Å². The summed E-state index contributed by atoms with van der Waals surface area (Å²) < 4.78 is 34.3. The molecule has 0 spiro atoms.